The fourth-order valence-electron chi connectivity index (χ4n) is 7.52. The van der Waals surface area contributed by atoms with Crippen molar-refractivity contribution in [1.29, 1.82) is 10.5 Å². The first-order valence-corrected chi connectivity index (χ1v) is 22.4. The monoisotopic (exact) mass is 988 g/mol. The van der Waals surface area contributed by atoms with Crippen LogP contribution < -0.4 is 15.8 Å². The molecular formula is C49H42F6N6O8S. The standard InChI is InChI=1S/C49H42F6N6O8S/c1-4-69-46(64)42-31(3)61(38-10-6-8-36(26-38)49(53,54)55)47(65)59(43(42)34-15-11-32(28-56)12-16-34)20-22-68-24-23-67-21-19-58-44(62)40-27-41(70(66)39-17-13-33(29-57)14-18-39)30(2)60(45(40)63)37-9-5-7-35(25-37)48(50,51)52/h5-18,25-27,43H,4,19-24H2,1-3H3,(H,58,62). The average molecular weight is 989 g/mol. The van der Waals surface area contributed by atoms with E-state index in [1.165, 1.54) is 67.3 Å². The average Bonchev–Trinajstić information content (AvgIpc) is 3.33. The number of benzene rings is 4. The normalized spacial score (nSPS) is 14.5. The van der Waals surface area contributed by atoms with Gasteiger partial charge in [-0.05, 0) is 105 Å². The number of carbonyl (C=O) groups is 3. The van der Waals surface area contributed by atoms with Crippen molar-refractivity contribution in [3.63, 3.8) is 0 Å². The highest BCUT2D eigenvalue weighted by molar-refractivity contribution is 7.85. The molecule has 0 bridgehead atoms. The number of allylic oxidation sites excluding steroid dienone is 1. The number of rotatable bonds is 17. The Hall–Kier alpha value is -7.59. The molecule has 2 atom stereocenters. The summed E-state index contributed by atoms with van der Waals surface area (Å²) in [4.78, 5) is 57.8. The Morgan fingerprint density at radius 3 is 1.89 bits per heavy atom. The number of amides is 3. The highest BCUT2D eigenvalue weighted by Gasteiger charge is 2.43. The minimum atomic E-state index is -4.77. The van der Waals surface area contributed by atoms with Crippen molar-refractivity contribution in [2.24, 2.45) is 0 Å². The number of anilines is 1. The van der Waals surface area contributed by atoms with Gasteiger partial charge in [0.1, 0.15) is 5.56 Å². The van der Waals surface area contributed by atoms with Crippen molar-refractivity contribution in [3.8, 4) is 17.8 Å². The molecule has 6 rings (SSSR count). The van der Waals surface area contributed by atoms with Crippen molar-refractivity contribution in [2.45, 2.75) is 49.0 Å². The number of nitrogens with zero attached hydrogens (tertiary/aromatic N) is 5. The highest BCUT2D eigenvalue weighted by Crippen LogP contribution is 2.41. The van der Waals surface area contributed by atoms with Crippen molar-refractivity contribution >= 4 is 34.4 Å². The van der Waals surface area contributed by atoms with E-state index in [1.807, 2.05) is 12.1 Å². The van der Waals surface area contributed by atoms with Crippen LogP contribution >= 0.6 is 0 Å². The van der Waals surface area contributed by atoms with Gasteiger partial charge in [0, 0.05) is 35.1 Å². The van der Waals surface area contributed by atoms with Crippen molar-refractivity contribution in [2.75, 3.05) is 51.0 Å². The van der Waals surface area contributed by atoms with E-state index in [-0.39, 0.29) is 89.8 Å². The van der Waals surface area contributed by atoms with Crippen LogP contribution in [0.3, 0.4) is 0 Å². The Kier molecular flexibility index (Phi) is 16.4. The zero-order chi connectivity index (χ0) is 50.9. The maximum atomic E-state index is 14.4. The summed E-state index contributed by atoms with van der Waals surface area (Å²) < 4.78 is 114. The summed E-state index contributed by atoms with van der Waals surface area (Å²) >= 11 is 0. The molecule has 1 aromatic heterocycles. The second-order valence-electron chi connectivity index (χ2n) is 15.3. The lowest BCUT2D eigenvalue weighted by Crippen LogP contribution is -2.52. The third-order valence-electron chi connectivity index (χ3n) is 10.9. The molecule has 70 heavy (non-hydrogen) atoms. The molecule has 0 aliphatic carbocycles. The molecule has 2 heterocycles. The Morgan fingerprint density at radius 2 is 1.31 bits per heavy atom. The molecule has 1 N–H and O–H groups in total. The molecule has 0 radical (unpaired) electrons. The summed E-state index contributed by atoms with van der Waals surface area (Å²) in [6.07, 6.45) is -9.51. The van der Waals surface area contributed by atoms with Crippen LogP contribution in [0, 0.1) is 29.6 Å². The SMILES string of the molecule is CCOC(=O)C1=C(C)N(c2cccc(C(F)(F)F)c2)C(=O)N(CCOCCOCCNC(=O)c2cc(S(=O)c3ccc(C#N)cc3)c(C)n(-c3cccc(C(F)(F)F)c3)c2=O)C1c1ccc(C#N)cc1. The van der Waals surface area contributed by atoms with Gasteiger partial charge in [-0.3, -0.25) is 19.1 Å². The molecule has 2 unspecified atom stereocenters. The van der Waals surface area contributed by atoms with Crippen LogP contribution in [0.15, 0.2) is 129 Å². The van der Waals surface area contributed by atoms with E-state index in [9.17, 15) is 60.3 Å². The maximum absolute atomic E-state index is 14.4. The van der Waals surface area contributed by atoms with Crippen LogP contribution in [0.1, 0.15) is 63.8 Å². The number of nitriles is 2. The van der Waals surface area contributed by atoms with E-state index in [0.717, 1.165) is 51.9 Å². The third-order valence-corrected chi connectivity index (χ3v) is 12.4. The number of aromatic nitrogens is 1. The summed E-state index contributed by atoms with van der Waals surface area (Å²) in [6, 6.07) is 22.8. The number of hydrogen-bond acceptors (Lipinski definition) is 10. The van der Waals surface area contributed by atoms with Gasteiger partial charge < -0.3 is 24.4 Å². The number of carbonyl (C=O) groups excluding carboxylic acids is 3. The molecule has 14 nitrogen and oxygen atoms in total. The molecule has 0 spiro atoms. The van der Waals surface area contributed by atoms with E-state index < -0.39 is 69.4 Å². The Morgan fingerprint density at radius 1 is 0.757 bits per heavy atom. The van der Waals surface area contributed by atoms with Gasteiger partial charge in [-0.1, -0.05) is 24.3 Å². The number of urea groups is 1. The van der Waals surface area contributed by atoms with E-state index in [1.54, 1.807) is 19.1 Å². The van der Waals surface area contributed by atoms with Crippen molar-refractivity contribution in [1.82, 2.24) is 14.8 Å². The number of nitrogens with one attached hydrogen (secondary N) is 1. The van der Waals surface area contributed by atoms with Crippen LogP contribution in [-0.4, -0.2) is 77.7 Å². The minimum absolute atomic E-state index is 0.000363. The largest absolute Gasteiger partial charge is 0.463 e. The zero-order valence-electron chi connectivity index (χ0n) is 37.5. The van der Waals surface area contributed by atoms with Gasteiger partial charge in [0.25, 0.3) is 11.5 Å². The number of pyridine rings is 1. The molecule has 0 saturated heterocycles. The molecule has 1 aliphatic heterocycles. The fraction of sp³-hybridized carbons (Fsp3) is 0.265. The minimum Gasteiger partial charge on any atom is -0.463 e. The molecule has 4 aromatic carbocycles. The van der Waals surface area contributed by atoms with E-state index in [2.05, 4.69) is 5.32 Å². The molecule has 0 fully saturated rings. The van der Waals surface area contributed by atoms with Crippen LogP contribution in [0.5, 0.6) is 0 Å². The molecular weight excluding hydrogens is 947 g/mol. The van der Waals surface area contributed by atoms with Gasteiger partial charge in [-0.2, -0.15) is 36.9 Å². The predicted octanol–water partition coefficient (Wildman–Crippen LogP) is 8.38. The number of esters is 1. The lowest BCUT2D eigenvalue weighted by atomic mass is 9.92. The van der Waals surface area contributed by atoms with Crippen LogP contribution in [0.2, 0.25) is 0 Å². The summed E-state index contributed by atoms with van der Waals surface area (Å²) in [7, 11) is -2.07. The van der Waals surface area contributed by atoms with Gasteiger partial charge in [-0.25, -0.2) is 13.8 Å². The number of hydrogen-bond donors (Lipinski definition) is 1. The number of halogens is 6. The quantitative estimate of drug-likeness (QED) is 0.0540. The van der Waals surface area contributed by atoms with E-state index in [4.69, 9.17) is 14.2 Å². The topological polar surface area (TPSA) is 184 Å². The summed E-state index contributed by atoms with van der Waals surface area (Å²) in [6.45, 7) is 3.51. The highest BCUT2D eigenvalue weighted by atomic mass is 32.2. The van der Waals surface area contributed by atoms with E-state index >= 15 is 0 Å². The lowest BCUT2D eigenvalue weighted by Gasteiger charge is -2.43. The smallest absolute Gasteiger partial charge is 0.416 e. The van der Waals surface area contributed by atoms with Gasteiger partial charge in [0.05, 0.1) is 100 Å². The molecule has 1 aliphatic rings. The zero-order valence-corrected chi connectivity index (χ0v) is 38.3. The maximum Gasteiger partial charge on any atom is 0.416 e. The number of ether oxygens (including phenoxy) is 3. The Balaban J connectivity index is 1.14. The predicted molar refractivity (Wildman–Crippen MR) is 241 cm³/mol. The van der Waals surface area contributed by atoms with Crippen molar-refractivity contribution in [3.05, 3.63) is 164 Å². The Bertz CT molecular complexity index is 2980. The fourth-order valence-corrected chi connectivity index (χ4v) is 8.74. The summed E-state index contributed by atoms with van der Waals surface area (Å²) in [5.41, 5.74) is -3.05. The summed E-state index contributed by atoms with van der Waals surface area (Å²) in [5.74, 6) is -1.77. The molecule has 5 aromatic rings. The first-order chi connectivity index (χ1) is 33.3. The molecule has 364 valence electrons. The third kappa shape index (κ3) is 11.6. The first-order valence-electron chi connectivity index (χ1n) is 21.3. The van der Waals surface area contributed by atoms with E-state index in [0.29, 0.717) is 11.1 Å². The lowest BCUT2D eigenvalue weighted by molar-refractivity contribution is -0.140. The summed E-state index contributed by atoms with van der Waals surface area (Å²) in [5, 5.41) is 21.1. The van der Waals surface area contributed by atoms with Crippen molar-refractivity contribution < 1.29 is 59.1 Å². The molecule has 0 saturated carbocycles. The van der Waals surface area contributed by atoms with Crippen LogP contribution in [0.25, 0.3) is 5.69 Å². The molecule has 3 amide bonds. The Labute approximate surface area is 399 Å². The van der Waals surface area contributed by atoms with Gasteiger partial charge in [-0.15, -0.1) is 0 Å². The second kappa shape index (κ2) is 22.2. The first kappa shape index (κ1) is 51.8. The number of alkyl halides is 6. The van der Waals surface area contributed by atoms with Crippen LogP contribution in [-0.2, 0) is 42.2 Å². The van der Waals surface area contributed by atoms with Gasteiger partial charge in [0.15, 0.2) is 0 Å². The second-order valence-corrected chi connectivity index (χ2v) is 16.7. The molecule has 21 heteroatoms. The van der Waals surface area contributed by atoms with Crippen LogP contribution in [0.4, 0.5) is 36.8 Å². The van der Waals surface area contributed by atoms with Gasteiger partial charge >= 0.3 is 24.4 Å². The van der Waals surface area contributed by atoms with Gasteiger partial charge in [0.2, 0.25) is 0 Å².